The van der Waals surface area contributed by atoms with Gasteiger partial charge in [0, 0.05) is 10.9 Å². The van der Waals surface area contributed by atoms with Gasteiger partial charge in [-0.2, -0.15) is 0 Å². The lowest BCUT2D eigenvalue weighted by atomic mass is 10.1. The van der Waals surface area contributed by atoms with Crippen molar-refractivity contribution in [3.63, 3.8) is 0 Å². The Bertz CT molecular complexity index is 375. The highest BCUT2D eigenvalue weighted by Gasteiger charge is 2.20. The molecule has 0 saturated heterocycles. The molecule has 0 spiro atoms. The van der Waals surface area contributed by atoms with Gasteiger partial charge in [-0.25, -0.2) is 0 Å². The van der Waals surface area contributed by atoms with E-state index in [2.05, 4.69) is 33.1 Å². The molecule has 1 aromatic carbocycles. The topological polar surface area (TPSA) is 47.6 Å². The van der Waals surface area contributed by atoms with E-state index in [1.54, 1.807) is 0 Å². The maximum atomic E-state index is 5.77. The van der Waals surface area contributed by atoms with E-state index in [4.69, 9.17) is 10.5 Å². The smallest absolute Gasteiger partial charge is 0.184 e. The molecule has 1 atom stereocenters. The Balaban J connectivity index is 1.93. The van der Waals surface area contributed by atoms with Crippen molar-refractivity contribution in [2.24, 2.45) is 10.7 Å². The Morgan fingerprint density at radius 1 is 1.38 bits per heavy atom. The fourth-order valence-corrected chi connectivity index (χ4v) is 1.93. The number of hydrogen-bond donors (Lipinski definition) is 1. The van der Waals surface area contributed by atoms with Gasteiger partial charge in [0.1, 0.15) is 6.10 Å². The SMILES string of the molecule is NCCCC1=NCC(c2ccc(Br)cc2)O1. The van der Waals surface area contributed by atoms with E-state index in [0.717, 1.165) is 29.8 Å². The van der Waals surface area contributed by atoms with Crippen LogP contribution in [0.2, 0.25) is 0 Å². The van der Waals surface area contributed by atoms with Gasteiger partial charge in [0.05, 0.1) is 6.54 Å². The largest absolute Gasteiger partial charge is 0.471 e. The van der Waals surface area contributed by atoms with Crippen LogP contribution in [-0.2, 0) is 4.74 Å². The third kappa shape index (κ3) is 2.83. The summed E-state index contributed by atoms with van der Waals surface area (Å²) < 4.78 is 6.85. The molecule has 0 aliphatic carbocycles. The van der Waals surface area contributed by atoms with Gasteiger partial charge in [0.15, 0.2) is 5.90 Å². The number of nitrogens with two attached hydrogens (primary N) is 1. The van der Waals surface area contributed by atoms with Crippen LogP contribution < -0.4 is 5.73 Å². The molecule has 16 heavy (non-hydrogen) atoms. The molecule has 0 amide bonds. The second-order valence-corrected chi connectivity index (χ2v) is 4.70. The zero-order valence-electron chi connectivity index (χ0n) is 9.03. The minimum Gasteiger partial charge on any atom is -0.471 e. The van der Waals surface area contributed by atoms with Crippen molar-refractivity contribution < 1.29 is 4.74 Å². The quantitative estimate of drug-likeness (QED) is 0.923. The van der Waals surface area contributed by atoms with Crippen molar-refractivity contribution in [3.8, 4) is 0 Å². The fourth-order valence-electron chi connectivity index (χ4n) is 1.67. The predicted octanol–water partition coefficient (Wildman–Crippen LogP) is 2.66. The standard InChI is InChI=1S/C12H15BrN2O/c13-10-5-3-9(4-6-10)11-8-15-12(16-11)2-1-7-14/h3-6,11H,1-2,7-8,14H2. The van der Waals surface area contributed by atoms with Gasteiger partial charge >= 0.3 is 0 Å². The molecule has 0 saturated carbocycles. The van der Waals surface area contributed by atoms with E-state index >= 15 is 0 Å². The zero-order valence-corrected chi connectivity index (χ0v) is 10.6. The van der Waals surface area contributed by atoms with Gasteiger partial charge < -0.3 is 10.5 Å². The summed E-state index contributed by atoms with van der Waals surface area (Å²) in [5.41, 5.74) is 6.63. The third-order valence-electron chi connectivity index (χ3n) is 2.55. The van der Waals surface area contributed by atoms with Crippen LogP contribution in [0.1, 0.15) is 24.5 Å². The number of ether oxygens (including phenoxy) is 1. The Kier molecular flexibility index (Phi) is 3.96. The molecule has 86 valence electrons. The van der Waals surface area contributed by atoms with E-state index in [9.17, 15) is 0 Å². The molecule has 2 rings (SSSR count). The average Bonchev–Trinajstić information content (AvgIpc) is 2.76. The van der Waals surface area contributed by atoms with E-state index in [-0.39, 0.29) is 6.10 Å². The molecule has 0 bridgehead atoms. The van der Waals surface area contributed by atoms with E-state index in [1.807, 2.05) is 12.1 Å². The van der Waals surface area contributed by atoms with Crippen LogP contribution in [0.25, 0.3) is 0 Å². The molecule has 1 aliphatic rings. The summed E-state index contributed by atoms with van der Waals surface area (Å²) in [6, 6.07) is 8.18. The van der Waals surface area contributed by atoms with Crippen LogP contribution in [0.3, 0.4) is 0 Å². The number of halogens is 1. The highest BCUT2D eigenvalue weighted by molar-refractivity contribution is 9.10. The molecular formula is C12H15BrN2O. The molecular weight excluding hydrogens is 268 g/mol. The Hall–Kier alpha value is -0.870. The first kappa shape index (κ1) is 11.6. The summed E-state index contributed by atoms with van der Waals surface area (Å²) in [5.74, 6) is 0.846. The third-order valence-corrected chi connectivity index (χ3v) is 3.08. The predicted molar refractivity (Wildman–Crippen MR) is 68.6 cm³/mol. The lowest BCUT2D eigenvalue weighted by Gasteiger charge is -2.11. The Labute approximate surface area is 104 Å². The van der Waals surface area contributed by atoms with Crippen molar-refractivity contribution in [2.75, 3.05) is 13.1 Å². The molecule has 2 N–H and O–H groups in total. The average molecular weight is 283 g/mol. The minimum atomic E-state index is 0.0841. The second kappa shape index (κ2) is 5.46. The highest BCUT2D eigenvalue weighted by Crippen LogP contribution is 2.25. The molecule has 0 fully saturated rings. The molecule has 1 heterocycles. The maximum Gasteiger partial charge on any atom is 0.184 e. The molecule has 1 aromatic rings. The number of hydrogen-bond acceptors (Lipinski definition) is 3. The lowest BCUT2D eigenvalue weighted by Crippen LogP contribution is -2.07. The molecule has 0 aromatic heterocycles. The van der Waals surface area contributed by atoms with E-state index < -0.39 is 0 Å². The first-order chi connectivity index (χ1) is 7.79. The monoisotopic (exact) mass is 282 g/mol. The fraction of sp³-hybridized carbons (Fsp3) is 0.417. The number of aliphatic imine (C=N–C) groups is 1. The second-order valence-electron chi connectivity index (χ2n) is 3.78. The van der Waals surface area contributed by atoms with Gasteiger partial charge in [-0.1, -0.05) is 28.1 Å². The summed E-state index contributed by atoms with van der Waals surface area (Å²) >= 11 is 3.42. The summed E-state index contributed by atoms with van der Waals surface area (Å²) in [6.07, 6.45) is 1.87. The summed E-state index contributed by atoms with van der Waals surface area (Å²) in [4.78, 5) is 4.38. The van der Waals surface area contributed by atoms with Crippen molar-refractivity contribution >= 4 is 21.8 Å². The molecule has 1 aliphatic heterocycles. The highest BCUT2D eigenvalue weighted by atomic mass is 79.9. The van der Waals surface area contributed by atoms with Gasteiger partial charge in [0.2, 0.25) is 0 Å². The van der Waals surface area contributed by atoms with Crippen molar-refractivity contribution in [3.05, 3.63) is 34.3 Å². The molecule has 4 heteroatoms. The summed E-state index contributed by atoms with van der Waals surface area (Å²) in [7, 11) is 0. The van der Waals surface area contributed by atoms with Gasteiger partial charge in [-0.05, 0) is 30.7 Å². The molecule has 1 unspecified atom stereocenters. The van der Waals surface area contributed by atoms with Crippen LogP contribution in [0, 0.1) is 0 Å². The van der Waals surface area contributed by atoms with Crippen LogP contribution in [-0.4, -0.2) is 19.0 Å². The van der Waals surface area contributed by atoms with Crippen LogP contribution in [0.4, 0.5) is 0 Å². The Morgan fingerprint density at radius 3 is 2.81 bits per heavy atom. The van der Waals surface area contributed by atoms with Crippen molar-refractivity contribution in [1.29, 1.82) is 0 Å². The van der Waals surface area contributed by atoms with Crippen molar-refractivity contribution in [1.82, 2.24) is 0 Å². The number of benzene rings is 1. The van der Waals surface area contributed by atoms with Gasteiger partial charge in [-0.15, -0.1) is 0 Å². The zero-order chi connectivity index (χ0) is 11.4. The van der Waals surface area contributed by atoms with E-state index in [0.29, 0.717) is 6.54 Å². The summed E-state index contributed by atoms with van der Waals surface area (Å²) in [5, 5.41) is 0. The first-order valence-electron chi connectivity index (χ1n) is 5.45. The molecule has 0 radical (unpaired) electrons. The lowest BCUT2D eigenvalue weighted by molar-refractivity contribution is 0.223. The van der Waals surface area contributed by atoms with Crippen LogP contribution >= 0.6 is 15.9 Å². The molecule has 3 nitrogen and oxygen atoms in total. The van der Waals surface area contributed by atoms with Gasteiger partial charge in [-0.3, -0.25) is 4.99 Å². The maximum absolute atomic E-state index is 5.77. The summed E-state index contributed by atoms with van der Waals surface area (Å²) in [6.45, 7) is 1.41. The van der Waals surface area contributed by atoms with Crippen molar-refractivity contribution in [2.45, 2.75) is 18.9 Å². The Morgan fingerprint density at radius 2 is 2.12 bits per heavy atom. The minimum absolute atomic E-state index is 0.0841. The van der Waals surface area contributed by atoms with Crippen LogP contribution in [0.5, 0.6) is 0 Å². The first-order valence-corrected chi connectivity index (χ1v) is 6.24. The number of rotatable bonds is 4. The van der Waals surface area contributed by atoms with Gasteiger partial charge in [0.25, 0.3) is 0 Å². The normalized spacial score (nSPS) is 19.4. The van der Waals surface area contributed by atoms with E-state index in [1.165, 1.54) is 5.56 Å². The van der Waals surface area contributed by atoms with Crippen LogP contribution in [0.15, 0.2) is 33.7 Å². The number of nitrogens with zero attached hydrogens (tertiary/aromatic N) is 1.